The lowest BCUT2D eigenvalue weighted by Crippen LogP contribution is -2.37. The average Bonchev–Trinajstić information content (AvgIpc) is 2.49. The Morgan fingerprint density at radius 3 is 2.75 bits per heavy atom. The second-order valence-corrected chi connectivity index (χ2v) is 5.57. The van der Waals surface area contributed by atoms with Gasteiger partial charge < -0.3 is 10.2 Å². The third-order valence-corrected chi connectivity index (χ3v) is 4.28. The summed E-state index contributed by atoms with van der Waals surface area (Å²) >= 11 is 6.24. The van der Waals surface area contributed by atoms with Crippen molar-refractivity contribution in [1.29, 1.82) is 0 Å². The smallest absolute Gasteiger partial charge is 0.287 e. The Kier molecular flexibility index (Phi) is 5.43. The molecule has 1 N–H and O–H groups in total. The molecule has 0 amide bonds. The molecular weight excluding hydrogens is 276 g/mol. The predicted octanol–water partition coefficient (Wildman–Crippen LogP) is 1.74. The van der Waals surface area contributed by atoms with Gasteiger partial charge in [0.05, 0.1) is 11.9 Å². The minimum Gasteiger partial charge on any atom is -0.369 e. The Balaban J connectivity index is 2.18. The van der Waals surface area contributed by atoms with E-state index in [-0.39, 0.29) is 10.6 Å². The monoisotopic (exact) mass is 298 g/mol. The van der Waals surface area contributed by atoms with Crippen LogP contribution in [0, 0.1) is 5.92 Å². The Labute approximate surface area is 124 Å². The molecule has 1 aromatic rings. The lowest BCUT2D eigenvalue weighted by Gasteiger charge is -2.31. The summed E-state index contributed by atoms with van der Waals surface area (Å²) < 4.78 is 1.39. The molecule has 5 nitrogen and oxygen atoms in total. The normalized spacial score (nSPS) is 16.4. The molecule has 1 aliphatic rings. The van der Waals surface area contributed by atoms with Crippen molar-refractivity contribution in [1.82, 2.24) is 15.1 Å². The van der Waals surface area contributed by atoms with E-state index in [1.54, 1.807) is 6.20 Å². The summed E-state index contributed by atoms with van der Waals surface area (Å²) in [5.74, 6) is 0.654. The number of nitrogens with zero attached hydrogens (tertiary/aromatic N) is 3. The maximum Gasteiger partial charge on any atom is 0.287 e. The molecule has 2 rings (SSSR count). The third kappa shape index (κ3) is 3.33. The zero-order valence-electron chi connectivity index (χ0n) is 12.2. The molecule has 2 heterocycles. The molecule has 0 aromatic carbocycles. The van der Waals surface area contributed by atoms with Crippen LogP contribution < -0.4 is 15.8 Å². The van der Waals surface area contributed by atoms with Gasteiger partial charge in [0.1, 0.15) is 5.02 Å². The van der Waals surface area contributed by atoms with E-state index in [1.807, 2.05) is 6.92 Å². The van der Waals surface area contributed by atoms with Gasteiger partial charge in [-0.3, -0.25) is 4.79 Å². The van der Waals surface area contributed by atoms with Gasteiger partial charge in [-0.2, -0.15) is 5.10 Å². The van der Waals surface area contributed by atoms with Crippen molar-refractivity contribution >= 4 is 17.3 Å². The van der Waals surface area contributed by atoms with Gasteiger partial charge in [-0.25, -0.2) is 4.68 Å². The summed E-state index contributed by atoms with van der Waals surface area (Å²) in [6.07, 6.45) is 4.07. The fourth-order valence-electron chi connectivity index (χ4n) is 2.68. The van der Waals surface area contributed by atoms with Crippen molar-refractivity contribution in [2.45, 2.75) is 33.2 Å². The van der Waals surface area contributed by atoms with E-state index < -0.39 is 0 Å². The molecular formula is C14H23ClN4O. The molecule has 0 atom stereocenters. The van der Waals surface area contributed by atoms with Crippen LogP contribution in [0.2, 0.25) is 5.02 Å². The summed E-state index contributed by atoms with van der Waals surface area (Å²) in [5.41, 5.74) is 0.567. The van der Waals surface area contributed by atoms with Crippen molar-refractivity contribution in [3.05, 3.63) is 21.6 Å². The summed E-state index contributed by atoms with van der Waals surface area (Å²) in [6, 6.07) is 0. The quantitative estimate of drug-likeness (QED) is 0.900. The van der Waals surface area contributed by atoms with Crippen LogP contribution in [0.25, 0.3) is 0 Å². The number of anilines is 1. The number of halogens is 1. The number of hydrogen-bond acceptors (Lipinski definition) is 4. The molecule has 0 aliphatic carbocycles. The lowest BCUT2D eigenvalue weighted by molar-refractivity contribution is 0.374. The second-order valence-electron chi connectivity index (χ2n) is 5.20. The Bertz CT molecular complexity index is 496. The van der Waals surface area contributed by atoms with Crippen LogP contribution in [-0.2, 0) is 6.54 Å². The minimum atomic E-state index is -0.199. The highest BCUT2D eigenvalue weighted by atomic mass is 35.5. The van der Waals surface area contributed by atoms with Crippen molar-refractivity contribution in [3.63, 3.8) is 0 Å². The van der Waals surface area contributed by atoms with Crippen LogP contribution >= 0.6 is 11.6 Å². The van der Waals surface area contributed by atoms with Crippen LogP contribution in [0.1, 0.15) is 26.7 Å². The van der Waals surface area contributed by atoms with Gasteiger partial charge in [-0.15, -0.1) is 0 Å². The first-order valence-corrected chi connectivity index (χ1v) is 7.76. The van der Waals surface area contributed by atoms with E-state index in [0.29, 0.717) is 12.5 Å². The molecule has 0 unspecified atom stereocenters. The predicted molar refractivity (Wildman–Crippen MR) is 82.7 cm³/mol. The molecule has 0 bridgehead atoms. The van der Waals surface area contributed by atoms with Gasteiger partial charge >= 0.3 is 0 Å². The van der Waals surface area contributed by atoms with Crippen LogP contribution in [0.4, 0.5) is 5.69 Å². The van der Waals surface area contributed by atoms with Gasteiger partial charge in [0.15, 0.2) is 0 Å². The first-order valence-electron chi connectivity index (χ1n) is 7.38. The number of aryl methyl sites for hydroxylation is 1. The summed E-state index contributed by atoms with van der Waals surface area (Å²) in [6.45, 7) is 8.44. The van der Waals surface area contributed by atoms with Gasteiger partial charge in [0.2, 0.25) is 0 Å². The molecule has 1 saturated heterocycles. The molecule has 6 heteroatoms. The molecule has 0 spiro atoms. The molecule has 112 valence electrons. The highest BCUT2D eigenvalue weighted by Gasteiger charge is 2.19. The van der Waals surface area contributed by atoms with Crippen molar-refractivity contribution in [3.8, 4) is 0 Å². The van der Waals surface area contributed by atoms with Crippen molar-refractivity contribution < 1.29 is 0 Å². The Hall–Kier alpha value is -1.07. The number of aromatic nitrogens is 2. The largest absolute Gasteiger partial charge is 0.369 e. The van der Waals surface area contributed by atoms with E-state index in [0.717, 1.165) is 31.9 Å². The SMILES string of the molecule is CCN(CC1CCNCC1)c1cnn(CC)c(=O)c1Cl. The van der Waals surface area contributed by atoms with E-state index in [2.05, 4.69) is 22.2 Å². The van der Waals surface area contributed by atoms with E-state index in [4.69, 9.17) is 11.6 Å². The van der Waals surface area contributed by atoms with E-state index >= 15 is 0 Å². The van der Waals surface area contributed by atoms with Crippen molar-refractivity contribution in [2.75, 3.05) is 31.1 Å². The van der Waals surface area contributed by atoms with E-state index in [1.165, 1.54) is 17.5 Å². The van der Waals surface area contributed by atoms with Crippen LogP contribution in [0.3, 0.4) is 0 Å². The number of hydrogen-bond donors (Lipinski definition) is 1. The Morgan fingerprint density at radius 2 is 2.15 bits per heavy atom. The average molecular weight is 299 g/mol. The Morgan fingerprint density at radius 1 is 1.45 bits per heavy atom. The molecule has 0 saturated carbocycles. The molecule has 1 fully saturated rings. The second kappa shape index (κ2) is 7.09. The fraction of sp³-hybridized carbons (Fsp3) is 0.714. The first kappa shape index (κ1) is 15.3. The molecule has 1 aromatic heterocycles. The summed E-state index contributed by atoms with van der Waals surface area (Å²) in [4.78, 5) is 14.2. The maximum atomic E-state index is 12.1. The van der Waals surface area contributed by atoms with Gasteiger partial charge in [-0.1, -0.05) is 11.6 Å². The van der Waals surface area contributed by atoms with Gasteiger partial charge in [-0.05, 0) is 45.7 Å². The highest BCUT2D eigenvalue weighted by molar-refractivity contribution is 6.33. The highest BCUT2D eigenvalue weighted by Crippen LogP contribution is 2.23. The van der Waals surface area contributed by atoms with Crippen molar-refractivity contribution in [2.24, 2.45) is 5.92 Å². The van der Waals surface area contributed by atoms with Crippen LogP contribution in [0.5, 0.6) is 0 Å². The minimum absolute atomic E-state index is 0.199. The van der Waals surface area contributed by atoms with Crippen LogP contribution in [0.15, 0.2) is 11.0 Å². The van der Waals surface area contributed by atoms with E-state index in [9.17, 15) is 4.79 Å². The van der Waals surface area contributed by atoms with Gasteiger partial charge in [0, 0.05) is 19.6 Å². The zero-order valence-corrected chi connectivity index (χ0v) is 13.0. The third-order valence-electron chi connectivity index (χ3n) is 3.93. The standard InChI is InChI=1S/C14H23ClN4O/c1-3-18(10-11-5-7-16-8-6-11)12-9-17-19(4-2)14(20)13(12)15/h9,11,16H,3-8,10H2,1-2H3. The maximum absolute atomic E-state index is 12.1. The molecule has 20 heavy (non-hydrogen) atoms. The molecule has 0 radical (unpaired) electrons. The fourth-order valence-corrected chi connectivity index (χ4v) is 2.94. The lowest BCUT2D eigenvalue weighted by atomic mass is 9.97. The number of piperidine rings is 1. The zero-order chi connectivity index (χ0) is 14.5. The topological polar surface area (TPSA) is 50.2 Å². The summed E-state index contributed by atoms with van der Waals surface area (Å²) in [5, 5.41) is 7.85. The number of nitrogens with one attached hydrogen (secondary N) is 1. The number of rotatable bonds is 5. The summed E-state index contributed by atoms with van der Waals surface area (Å²) in [7, 11) is 0. The van der Waals surface area contributed by atoms with Crippen LogP contribution in [-0.4, -0.2) is 36.0 Å². The first-order chi connectivity index (χ1) is 9.67. The molecule has 1 aliphatic heterocycles. The van der Waals surface area contributed by atoms with Gasteiger partial charge in [0.25, 0.3) is 5.56 Å².